The number of thioether (sulfide) groups is 1. The maximum Gasteiger partial charge on any atom is 0.405 e. The van der Waals surface area contributed by atoms with E-state index < -0.39 is 37.2 Å². The van der Waals surface area contributed by atoms with Crippen molar-refractivity contribution in [2.75, 3.05) is 19.4 Å². The fourth-order valence-electron chi connectivity index (χ4n) is 1.41. The Balaban J connectivity index is 2.44. The van der Waals surface area contributed by atoms with E-state index in [9.17, 15) is 27.6 Å². The Hall–Kier alpha value is -2.23. The Morgan fingerprint density at radius 2 is 1.87 bits per heavy atom. The molecule has 23 heavy (non-hydrogen) atoms. The van der Waals surface area contributed by atoms with E-state index in [0.29, 0.717) is 4.90 Å². The summed E-state index contributed by atoms with van der Waals surface area (Å²) in [5, 5.41) is 3.07. The number of halogens is 3. The molecule has 0 atom stereocenters. The van der Waals surface area contributed by atoms with Crippen LogP contribution < -0.4 is 10.6 Å². The number of carbonyl (C=O) groups is 3. The van der Waals surface area contributed by atoms with Gasteiger partial charge in [-0.25, -0.2) is 9.59 Å². The number of hydrogen-bond acceptors (Lipinski definition) is 5. The van der Waals surface area contributed by atoms with Crippen molar-refractivity contribution >= 4 is 29.7 Å². The monoisotopic (exact) mass is 350 g/mol. The molecule has 0 aliphatic rings. The highest BCUT2D eigenvalue weighted by Gasteiger charge is 2.28. The van der Waals surface area contributed by atoms with Gasteiger partial charge in [0.25, 0.3) is 5.91 Å². The molecule has 3 amide bonds. The first-order valence-corrected chi connectivity index (χ1v) is 7.40. The Labute approximate surface area is 133 Å². The molecule has 0 aliphatic heterocycles. The number of amides is 3. The maximum atomic E-state index is 11.9. The van der Waals surface area contributed by atoms with Crippen LogP contribution in [0.3, 0.4) is 0 Å². The van der Waals surface area contributed by atoms with Crippen LogP contribution in [0.25, 0.3) is 0 Å². The van der Waals surface area contributed by atoms with E-state index in [-0.39, 0.29) is 5.56 Å². The highest BCUT2D eigenvalue weighted by molar-refractivity contribution is 7.98. The largest absolute Gasteiger partial charge is 0.452 e. The van der Waals surface area contributed by atoms with Crippen LogP contribution in [0.5, 0.6) is 0 Å². The predicted molar refractivity (Wildman–Crippen MR) is 76.1 cm³/mol. The maximum absolute atomic E-state index is 11.9. The Bertz CT molecular complexity index is 593. The number of carbonyl (C=O) groups excluding carboxylic acids is 3. The SMILES string of the molecule is CSc1ccccc1C(=O)OCC(=O)NC(=O)NCC(F)(F)F. The Morgan fingerprint density at radius 1 is 1.22 bits per heavy atom. The van der Waals surface area contributed by atoms with Gasteiger partial charge in [-0.1, -0.05) is 12.1 Å². The summed E-state index contributed by atoms with van der Waals surface area (Å²) in [6.45, 7) is -2.37. The molecule has 1 aromatic rings. The fourth-order valence-corrected chi connectivity index (χ4v) is 2.00. The number of rotatable bonds is 5. The smallest absolute Gasteiger partial charge is 0.405 e. The molecule has 0 aromatic heterocycles. The summed E-state index contributed by atoms with van der Waals surface area (Å²) in [4.78, 5) is 34.8. The number of urea groups is 1. The number of nitrogens with one attached hydrogen (secondary N) is 2. The first kappa shape index (κ1) is 18.8. The lowest BCUT2D eigenvalue weighted by molar-refractivity contribution is -0.125. The number of alkyl halides is 3. The topological polar surface area (TPSA) is 84.5 Å². The van der Waals surface area contributed by atoms with Gasteiger partial charge in [0.15, 0.2) is 6.61 Å². The molecule has 0 radical (unpaired) electrons. The van der Waals surface area contributed by atoms with Crippen LogP contribution >= 0.6 is 11.8 Å². The summed E-state index contributed by atoms with van der Waals surface area (Å²) < 4.78 is 40.3. The van der Waals surface area contributed by atoms with Gasteiger partial charge in [0.05, 0.1) is 5.56 Å². The zero-order valence-electron chi connectivity index (χ0n) is 11.9. The second-order valence-electron chi connectivity index (χ2n) is 4.12. The van der Waals surface area contributed by atoms with Gasteiger partial charge in [0, 0.05) is 4.90 Å². The molecule has 0 heterocycles. The minimum absolute atomic E-state index is 0.245. The molecule has 126 valence electrons. The standard InChI is InChI=1S/C13H13F3N2O4S/c1-23-9-5-3-2-4-8(9)11(20)22-6-10(19)18-12(21)17-7-13(14,15)16/h2-5H,6-7H2,1H3,(H2,17,18,19,21). The van der Waals surface area contributed by atoms with Gasteiger partial charge < -0.3 is 10.1 Å². The normalized spacial score (nSPS) is 10.8. The van der Waals surface area contributed by atoms with E-state index in [4.69, 9.17) is 4.74 Å². The molecule has 0 bridgehead atoms. The minimum Gasteiger partial charge on any atom is -0.452 e. The first-order valence-electron chi connectivity index (χ1n) is 6.17. The number of imide groups is 1. The van der Waals surface area contributed by atoms with Crippen molar-refractivity contribution in [2.45, 2.75) is 11.1 Å². The molecule has 10 heteroatoms. The molecule has 6 nitrogen and oxygen atoms in total. The average Bonchev–Trinajstić information content (AvgIpc) is 2.50. The number of benzene rings is 1. The Morgan fingerprint density at radius 3 is 2.48 bits per heavy atom. The van der Waals surface area contributed by atoms with Crippen LogP contribution in [-0.4, -0.2) is 43.5 Å². The zero-order valence-corrected chi connectivity index (χ0v) is 12.7. The Kier molecular flexibility index (Phi) is 6.89. The van der Waals surface area contributed by atoms with Gasteiger partial charge in [0.2, 0.25) is 0 Å². The van der Waals surface area contributed by atoms with Crippen LogP contribution in [0, 0.1) is 0 Å². The quantitative estimate of drug-likeness (QED) is 0.626. The van der Waals surface area contributed by atoms with Crippen molar-refractivity contribution in [3.05, 3.63) is 29.8 Å². The summed E-state index contributed by atoms with van der Waals surface area (Å²) in [5.74, 6) is -1.82. The number of ether oxygens (including phenoxy) is 1. The van der Waals surface area contributed by atoms with Crippen LogP contribution in [0.15, 0.2) is 29.2 Å². The molecule has 1 rings (SSSR count). The van der Waals surface area contributed by atoms with E-state index in [1.807, 2.05) is 0 Å². The van der Waals surface area contributed by atoms with Crippen molar-refractivity contribution in [2.24, 2.45) is 0 Å². The molecule has 0 fully saturated rings. The zero-order chi connectivity index (χ0) is 17.5. The molecule has 0 aliphatic carbocycles. The lowest BCUT2D eigenvalue weighted by Gasteiger charge is -2.10. The van der Waals surface area contributed by atoms with Crippen molar-refractivity contribution in [3.8, 4) is 0 Å². The second-order valence-corrected chi connectivity index (χ2v) is 4.97. The summed E-state index contributed by atoms with van der Waals surface area (Å²) in [7, 11) is 0. The molecular formula is C13H13F3N2O4S. The van der Waals surface area contributed by atoms with E-state index in [0.717, 1.165) is 0 Å². The second kappa shape index (κ2) is 8.42. The minimum atomic E-state index is -4.59. The summed E-state index contributed by atoms with van der Waals surface area (Å²) >= 11 is 1.31. The van der Waals surface area contributed by atoms with Gasteiger partial charge in [-0.3, -0.25) is 10.1 Å². The third-order valence-electron chi connectivity index (χ3n) is 2.36. The van der Waals surface area contributed by atoms with Crippen molar-refractivity contribution in [1.82, 2.24) is 10.6 Å². The molecular weight excluding hydrogens is 337 g/mol. The summed E-state index contributed by atoms with van der Waals surface area (Å²) in [6, 6.07) is 5.20. The third kappa shape index (κ3) is 7.04. The van der Waals surface area contributed by atoms with Gasteiger partial charge in [0.1, 0.15) is 6.54 Å². The van der Waals surface area contributed by atoms with Crippen molar-refractivity contribution < 1.29 is 32.3 Å². The van der Waals surface area contributed by atoms with E-state index in [1.165, 1.54) is 23.1 Å². The molecule has 0 spiro atoms. The van der Waals surface area contributed by atoms with Gasteiger partial charge >= 0.3 is 18.2 Å². The van der Waals surface area contributed by atoms with Crippen LogP contribution in [-0.2, 0) is 9.53 Å². The highest BCUT2D eigenvalue weighted by atomic mass is 32.2. The molecule has 0 unspecified atom stereocenters. The average molecular weight is 350 g/mol. The van der Waals surface area contributed by atoms with E-state index in [1.54, 1.807) is 29.8 Å². The lowest BCUT2D eigenvalue weighted by Crippen LogP contribution is -2.44. The molecule has 1 aromatic carbocycles. The van der Waals surface area contributed by atoms with Crippen molar-refractivity contribution in [1.29, 1.82) is 0 Å². The molecule has 0 saturated heterocycles. The molecule has 0 saturated carbocycles. The van der Waals surface area contributed by atoms with Crippen molar-refractivity contribution in [3.63, 3.8) is 0 Å². The van der Waals surface area contributed by atoms with Crippen LogP contribution in [0.2, 0.25) is 0 Å². The highest BCUT2D eigenvalue weighted by Crippen LogP contribution is 2.20. The van der Waals surface area contributed by atoms with Crippen LogP contribution in [0.4, 0.5) is 18.0 Å². The number of esters is 1. The lowest BCUT2D eigenvalue weighted by atomic mass is 10.2. The summed E-state index contributed by atoms with van der Waals surface area (Å²) in [5.41, 5.74) is 0.245. The first-order chi connectivity index (χ1) is 10.7. The molecule has 2 N–H and O–H groups in total. The van der Waals surface area contributed by atoms with Crippen LogP contribution in [0.1, 0.15) is 10.4 Å². The van der Waals surface area contributed by atoms with E-state index in [2.05, 4.69) is 0 Å². The third-order valence-corrected chi connectivity index (χ3v) is 3.16. The number of hydrogen-bond donors (Lipinski definition) is 2. The summed E-state index contributed by atoms with van der Waals surface area (Å²) in [6.07, 6.45) is -2.84. The fraction of sp³-hybridized carbons (Fsp3) is 0.308. The van der Waals surface area contributed by atoms with Gasteiger partial charge in [-0.15, -0.1) is 11.8 Å². The van der Waals surface area contributed by atoms with Gasteiger partial charge in [-0.2, -0.15) is 13.2 Å². The van der Waals surface area contributed by atoms with E-state index >= 15 is 0 Å². The predicted octanol–water partition coefficient (Wildman–Crippen LogP) is 1.95. The van der Waals surface area contributed by atoms with Gasteiger partial charge in [-0.05, 0) is 18.4 Å².